The molecule has 0 aliphatic rings. The zero-order valence-electron chi connectivity index (χ0n) is 7.51. The molecular formula is C8H17NO. The summed E-state index contributed by atoms with van der Waals surface area (Å²) in [6, 6.07) is 0. The lowest BCUT2D eigenvalue weighted by Crippen LogP contribution is -1.75. The second-order valence-electron chi connectivity index (χ2n) is 1.35. The Kier molecular flexibility index (Phi) is 13.2. The van der Waals surface area contributed by atoms with Gasteiger partial charge in [0.05, 0.1) is 0 Å². The van der Waals surface area contributed by atoms with Crippen molar-refractivity contribution in [2.24, 2.45) is 5.16 Å². The minimum Gasteiger partial charge on any atom is -0.362 e. The van der Waals surface area contributed by atoms with Crippen molar-refractivity contribution in [1.29, 1.82) is 0 Å². The van der Waals surface area contributed by atoms with Gasteiger partial charge in [0.15, 0.2) is 0 Å². The number of rotatable bonds is 2. The van der Waals surface area contributed by atoms with Crippen LogP contribution in [0.2, 0.25) is 0 Å². The smallest absolute Gasteiger partial charge is 0.127 e. The molecule has 60 valence electrons. The van der Waals surface area contributed by atoms with Crippen LogP contribution in [0, 0.1) is 0 Å². The molecule has 0 aromatic heterocycles. The zero-order chi connectivity index (χ0) is 8.41. The van der Waals surface area contributed by atoms with Crippen LogP contribution in [0.1, 0.15) is 34.6 Å². The standard InChI is InChI=1S/C6H11NO.C2H6/c1-4-6(3)8-7-5-2;1-2/h4-5H,1-3H3;1-2H3/b6-4-,7-5+;. The third-order valence-electron chi connectivity index (χ3n) is 0.709. The maximum atomic E-state index is 4.77. The molecule has 0 unspecified atom stereocenters. The van der Waals surface area contributed by atoms with E-state index in [1.807, 2.05) is 40.7 Å². The Balaban J connectivity index is 0. The highest BCUT2D eigenvalue weighted by atomic mass is 16.6. The third kappa shape index (κ3) is 10.2. The molecule has 2 nitrogen and oxygen atoms in total. The van der Waals surface area contributed by atoms with Gasteiger partial charge in [0, 0.05) is 6.21 Å². The first kappa shape index (κ1) is 11.9. The van der Waals surface area contributed by atoms with Crippen LogP contribution < -0.4 is 0 Å². The molecule has 2 heteroatoms. The number of nitrogens with zero attached hydrogens (tertiary/aromatic N) is 1. The van der Waals surface area contributed by atoms with Crippen LogP contribution >= 0.6 is 0 Å². The van der Waals surface area contributed by atoms with E-state index in [1.54, 1.807) is 6.21 Å². The van der Waals surface area contributed by atoms with Crippen molar-refractivity contribution in [3.63, 3.8) is 0 Å². The van der Waals surface area contributed by atoms with Gasteiger partial charge in [-0.05, 0) is 26.8 Å². The molecule has 10 heavy (non-hydrogen) atoms. The lowest BCUT2D eigenvalue weighted by molar-refractivity contribution is 0.230. The van der Waals surface area contributed by atoms with Crippen molar-refractivity contribution >= 4 is 6.21 Å². The molecule has 0 spiro atoms. The maximum absolute atomic E-state index is 4.77. The van der Waals surface area contributed by atoms with Crippen molar-refractivity contribution in [2.45, 2.75) is 34.6 Å². The second kappa shape index (κ2) is 11.1. The predicted molar refractivity (Wildman–Crippen MR) is 46.0 cm³/mol. The topological polar surface area (TPSA) is 21.6 Å². The van der Waals surface area contributed by atoms with Crippen LogP contribution in [0.15, 0.2) is 17.0 Å². The highest BCUT2D eigenvalue weighted by molar-refractivity contribution is 5.52. The quantitative estimate of drug-likeness (QED) is 0.331. The van der Waals surface area contributed by atoms with Crippen LogP contribution in [0.3, 0.4) is 0 Å². The fourth-order valence-electron chi connectivity index (χ4n) is 0.189. The molecule has 0 aromatic carbocycles. The van der Waals surface area contributed by atoms with Crippen LogP contribution in [-0.4, -0.2) is 6.21 Å². The average molecular weight is 143 g/mol. The minimum atomic E-state index is 0.822. The van der Waals surface area contributed by atoms with Gasteiger partial charge in [-0.15, -0.1) is 0 Å². The van der Waals surface area contributed by atoms with E-state index in [2.05, 4.69) is 5.16 Å². The molecule has 0 saturated heterocycles. The summed E-state index contributed by atoms with van der Waals surface area (Å²) in [7, 11) is 0. The van der Waals surface area contributed by atoms with Crippen molar-refractivity contribution in [2.75, 3.05) is 0 Å². The monoisotopic (exact) mass is 143 g/mol. The fraction of sp³-hybridized carbons (Fsp3) is 0.625. The molecule has 0 bridgehead atoms. The SMILES string of the molecule is C/C=C(/C)O/N=C/C.CC. The Bertz CT molecular complexity index is 106. The van der Waals surface area contributed by atoms with Gasteiger partial charge in [-0.1, -0.05) is 19.0 Å². The summed E-state index contributed by atoms with van der Waals surface area (Å²) in [5.74, 6) is 0.822. The lowest BCUT2D eigenvalue weighted by atomic mass is 10.5. The highest BCUT2D eigenvalue weighted by Gasteiger charge is 1.78. The number of oxime groups is 1. The summed E-state index contributed by atoms with van der Waals surface area (Å²) in [4.78, 5) is 4.77. The van der Waals surface area contributed by atoms with Gasteiger partial charge in [-0.2, -0.15) is 0 Å². The van der Waals surface area contributed by atoms with Gasteiger partial charge < -0.3 is 4.84 Å². The molecule has 0 amide bonds. The van der Waals surface area contributed by atoms with E-state index < -0.39 is 0 Å². The molecule has 0 atom stereocenters. The summed E-state index contributed by atoms with van der Waals surface area (Å²) in [6.45, 7) is 9.57. The Morgan fingerprint density at radius 2 is 1.80 bits per heavy atom. The number of allylic oxidation sites excluding steroid dienone is 2. The predicted octanol–water partition coefficient (Wildman–Crippen LogP) is 2.96. The first-order valence-corrected chi connectivity index (χ1v) is 3.59. The largest absolute Gasteiger partial charge is 0.362 e. The Morgan fingerprint density at radius 3 is 2.10 bits per heavy atom. The van der Waals surface area contributed by atoms with E-state index in [0.717, 1.165) is 5.76 Å². The van der Waals surface area contributed by atoms with Gasteiger partial charge in [0.2, 0.25) is 0 Å². The van der Waals surface area contributed by atoms with E-state index in [1.165, 1.54) is 0 Å². The molecule has 0 N–H and O–H groups in total. The maximum Gasteiger partial charge on any atom is 0.127 e. The molecule has 0 aliphatic carbocycles. The fourth-order valence-corrected chi connectivity index (χ4v) is 0.189. The summed E-state index contributed by atoms with van der Waals surface area (Å²) in [5.41, 5.74) is 0. The number of hydrogen-bond donors (Lipinski definition) is 0. The normalized spacial score (nSPS) is 10.7. The van der Waals surface area contributed by atoms with Crippen LogP contribution in [0.5, 0.6) is 0 Å². The van der Waals surface area contributed by atoms with Gasteiger partial charge in [0.25, 0.3) is 0 Å². The summed E-state index contributed by atoms with van der Waals surface area (Å²) < 4.78 is 0. The van der Waals surface area contributed by atoms with E-state index in [4.69, 9.17) is 4.84 Å². The van der Waals surface area contributed by atoms with Gasteiger partial charge in [0.1, 0.15) is 5.76 Å². The summed E-state index contributed by atoms with van der Waals surface area (Å²) in [5, 5.41) is 3.55. The Hall–Kier alpha value is -0.790. The molecule has 0 fully saturated rings. The van der Waals surface area contributed by atoms with Crippen LogP contribution in [-0.2, 0) is 4.84 Å². The Labute approximate surface area is 63.6 Å². The van der Waals surface area contributed by atoms with E-state index in [-0.39, 0.29) is 0 Å². The lowest BCUT2D eigenvalue weighted by Gasteiger charge is -1.91. The summed E-state index contributed by atoms with van der Waals surface area (Å²) >= 11 is 0. The zero-order valence-corrected chi connectivity index (χ0v) is 7.51. The average Bonchev–Trinajstić information content (AvgIpc) is 2.04. The van der Waals surface area contributed by atoms with E-state index >= 15 is 0 Å². The van der Waals surface area contributed by atoms with Crippen LogP contribution in [0.4, 0.5) is 0 Å². The highest BCUT2D eigenvalue weighted by Crippen LogP contribution is 1.92. The van der Waals surface area contributed by atoms with Crippen molar-refractivity contribution in [3.8, 4) is 0 Å². The molecule has 0 rings (SSSR count). The molecule has 0 heterocycles. The van der Waals surface area contributed by atoms with Crippen molar-refractivity contribution in [1.82, 2.24) is 0 Å². The Morgan fingerprint density at radius 1 is 1.30 bits per heavy atom. The third-order valence-corrected chi connectivity index (χ3v) is 0.709. The first-order valence-electron chi connectivity index (χ1n) is 3.59. The van der Waals surface area contributed by atoms with Gasteiger partial charge in [-0.3, -0.25) is 0 Å². The second-order valence-corrected chi connectivity index (χ2v) is 1.35. The molecule has 0 radical (unpaired) electrons. The molecule has 0 saturated carbocycles. The van der Waals surface area contributed by atoms with Crippen molar-refractivity contribution in [3.05, 3.63) is 11.8 Å². The molecular weight excluding hydrogens is 126 g/mol. The van der Waals surface area contributed by atoms with Gasteiger partial charge in [-0.25, -0.2) is 0 Å². The van der Waals surface area contributed by atoms with Crippen molar-refractivity contribution < 1.29 is 4.84 Å². The molecule has 0 aliphatic heterocycles. The first-order chi connectivity index (χ1) is 4.81. The van der Waals surface area contributed by atoms with E-state index in [0.29, 0.717) is 0 Å². The van der Waals surface area contributed by atoms with Crippen LogP contribution in [0.25, 0.3) is 0 Å². The van der Waals surface area contributed by atoms with Gasteiger partial charge >= 0.3 is 0 Å². The summed E-state index contributed by atoms with van der Waals surface area (Å²) in [6.07, 6.45) is 3.46. The minimum absolute atomic E-state index is 0.822. The number of hydrogen-bond acceptors (Lipinski definition) is 2. The van der Waals surface area contributed by atoms with E-state index in [9.17, 15) is 0 Å². The molecule has 0 aromatic rings.